The summed E-state index contributed by atoms with van der Waals surface area (Å²) >= 11 is 6.34. The molecule has 0 heterocycles. The molecule has 0 aromatic heterocycles. The zero-order valence-electron chi connectivity index (χ0n) is 17.6. The lowest BCUT2D eigenvalue weighted by molar-refractivity contribution is -0.112. The lowest BCUT2D eigenvalue weighted by Gasteiger charge is -2.11. The molecule has 0 atom stereocenters. The fourth-order valence-corrected chi connectivity index (χ4v) is 3.27. The molecule has 1 amide bonds. The summed E-state index contributed by atoms with van der Waals surface area (Å²) in [4.78, 5) is 12.6. The van der Waals surface area contributed by atoms with Gasteiger partial charge in [0.1, 0.15) is 24.0 Å². The van der Waals surface area contributed by atoms with Gasteiger partial charge >= 0.3 is 0 Å². The highest BCUT2D eigenvalue weighted by Gasteiger charge is 2.12. The maximum Gasteiger partial charge on any atom is 0.266 e. The molecule has 6 heteroatoms. The van der Waals surface area contributed by atoms with E-state index in [0.717, 1.165) is 16.7 Å². The van der Waals surface area contributed by atoms with Crippen LogP contribution in [0.2, 0.25) is 5.02 Å². The summed E-state index contributed by atoms with van der Waals surface area (Å²) < 4.78 is 5.75. The van der Waals surface area contributed by atoms with Crippen LogP contribution < -0.4 is 10.1 Å². The molecule has 5 nitrogen and oxygen atoms in total. The van der Waals surface area contributed by atoms with Crippen LogP contribution in [0.25, 0.3) is 6.08 Å². The van der Waals surface area contributed by atoms with Gasteiger partial charge in [0.15, 0.2) is 0 Å². The summed E-state index contributed by atoms with van der Waals surface area (Å²) in [6.45, 7) is 4.06. The Hall–Kier alpha value is -4.06. The van der Waals surface area contributed by atoms with Crippen molar-refractivity contribution >= 4 is 29.3 Å². The molecule has 0 saturated carbocycles. The van der Waals surface area contributed by atoms with Gasteiger partial charge in [0.25, 0.3) is 5.91 Å². The monoisotopic (exact) mass is 441 g/mol. The van der Waals surface area contributed by atoms with Gasteiger partial charge in [0, 0.05) is 11.3 Å². The second-order valence-electron chi connectivity index (χ2n) is 7.12. The van der Waals surface area contributed by atoms with Crippen LogP contribution in [-0.4, -0.2) is 5.91 Å². The van der Waals surface area contributed by atoms with Crippen LogP contribution >= 0.6 is 11.6 Å². The van der Waals surface area contributed by atoms with Gasteiger partial charge in [-0.15, -0.1) is 0 Å². The zero-order valence-corrected chi connectivity index (χ0v) is 18.4. The first-order valence-electron chi connectivity index (χ1n) is 9.82. The summed E-state index contributed by atoms with van der Waals surface area (Å²) in [5, 5.41) is 21.8. The van der Waals surface area contributed by atoms with E-state index in [9.17, 15) is 15.3 Å². The molecule has 0 aliphatic heterocycles. The SMILES string of the molecule is Cc1cccc(NC(=O)/C(C#N)=C/c2ccc(OCc3ccccc3C#N)c(Cl)c2)c1C. The molecule has 32 heavy (non-hydrogen) atoms. The Labute approximate surface area is 192 Å². The molecule has 3 aromatic rings. The highest BCUT2D eigenvalue weighted by Crippen LogP contribution is 2.28. The molecule has 0 radical (unpaired) electrons. The largest absolute Gasteiger partial charge is 0.487 e. The van der Waals surface area contributed by atoms with Gasteiger partial charge in [-0.3, -0.25) is 4.79 Å². The van der Waals surface area contributed by atoms with Gasteiger partial charge in [-0.25, -0.2) is 0 Å². The quantitative estimate of drug-likeness (QED) is 0.378. The maximum absolute atomic E-state index is 12.6. The van der Waals surface area contributed by atoms with Gasteiger partial charge in [-0.1, -0.05) is 48.0 Å². The summed E-state index contributed by atoms with van der Waals surface area (Å²) in [7, 11) is 0. The Morgan fingerprint density at radius 1 is 1.09 bits per heavy atom. The average molecular weight is 442 g/mol. The van der Waals surface area contributed by atoms with Crippen molar-refractivity contribution in [3.63, 3.8) is 0 Å². The minimum absolute atomic E-state index is 0.0430. The van der Waals surface area contributed by atoms with E-state index in [0.29, 0.717) is 27.6 Å². The van der Waals surface area contributed by atoms with Crippen LogP contribution in [0.15, 0.2) is 66.2 Å². The van der Waals surface area contributed by atoms with E-state index in [4.69, 9.17) is 16.3 Å². The minimum atomic E-state index is -0.495. The topological polar surface area (TPSA) is 85.9 Å². The molecule has 0 spiro atoms. The molecule has 0 unspecified atom stereocenters. The van der Waals surface area contributed by atoms with Crippen molar-refractivity contribution in [2.75, 3.05) is 5.32 Å². The first-order chi connectivity index (χ1) is 15.4. The van der Waals surface area contributed by atoms with E-state index in [-0.39, 0.29) is 12.2 Å². The smallest absolute Gasteiger partial charge is 0.266 e. The van der Waals surface area contributed by atoms with Gasteiger partial charge in [0.05, 0.1) is 16.7 Å². The number of ether oxygens (including phenoxy) is 1. The van der Waals surface area contributed by atoms with Gasteiger partial charge in [-0.2, -0.15) is 10.5 Å². The fraction of sp³-hybridized carbons (Fsp3) is 0.115. The number of nitrogens with one attached hydrogen (secondary N) is 1. The van der Waals surface area contributed by atoms with Crippen molar-refractivity contribution in [1.29, 1.82) is 10.5 Å². The van der Waals surface area contributed by atoms with E-state index < -0.39 is 5.91 Å². The number of carbonyl (C=O) groups excluding carboxylic acids is 1. The third-order valence-corrected chi connectivity index (χ3v) is 5.30. The molecular weight excluding hydrogens is 422 g/mol. The van der Waals surface area contributed by atoms with E-state index in [2.05, 4.69) is 11.4 Å². The Morgan fingerprint density at radius 3 is 2.59 bits per heavy atom. The minimum Gasteiger partial charge on any atom is -0.487 e. The van der Waals surface area contributed by atoms with Crippen molar-refractivity contribution in [3.05, 3.63) is 99.1 Å². The van der Waals surface area contributed by atoms with Crippen molar-refractivity contribution < 1.29 is 9.53 Å². The molecule has 3 aromatic carbocycles. The number of carbonyl (C=O) groups is 1. The normalized spacial score (nSPS) is 10.7. The van der Waals surface area contributed by atoms with Gasteiger partial charge in [-0.05, 0) is 60.9 Å². The van der Waals surface area contributed by atoms with E-state index in [1.807, 2.05) is 44.2 Å². The zero-order chi connectivity index (χ0) is 23.1. The lowest BCUT2D eigenvalue weighted by Crippen LogP contribution is -2.14. The Morgan fingerprint density at radius 2 is 1.88 bits per heavy atom. The Balaban J connectivity index is 1.75. The molecule has 0 bridgehead atoms. The van der Waals surface area contributed by atoms with Gasteiger partial charge < -0.3 is 10.1 Å². The number of hydrogen-bond acceptors (Lipinski definition) is 4. The van der Waals surface area contributed by atoms with Crippen molar-refractivity contribution in [3.8, 4) is 17.9 Å². The summed E-state index contributed by atoms with van der Waals surface area (Å²) in [5.74, 6) is -0.0549. The number of halogens is 1. The molecule has 0 saturated heterocycles. The number of rotatable bonds is 6. The van der Waals surface area contributed by atoms with E-state index in [1.54, 1.807) is 36.4 Å². The molecular formula is C26H20ClN3O2. The number of hydrogen-bond donors (Lipinski definition) is 1. The number of anilines is 1. The molecule has 158 valence electrons. The summed E-state index contributed by atoms with van der Waals surface area (Å²) in [5.41, 5.74) is 4.49. The number of nitrogens with zero attached hydrogens (tertiary/aromatic N) is 2. The molecule has 0 fully saturated rings. The van der Waals surface area contributed by atoms with Crippen LogP contribution in [0.1, 0.15) is 27.8 Å². The predicted molar refractivity (Wildman–Crippen MR) is 125 cm³/mol. The lowest BCUT2D eigenvalue weighted by atomic mass is 10.1. The maximum atomic E-state index is 12.6. The van der Waals surface area contributed by atoms with Crippen molar-refractivity contribution in [2.24, 2.45) is 0 Å². The molecule has 1 N–H and O–H groups in total. The number of benzene rings is 3. The number of amides is 1. The average Bonchev–Trinajstić information content (AvgIpc) is 2.80. The molecule has 0 aliphatic rings. The Kier molecular flexibility index (Phi) is 7.29. The van der Waals surface area contributed by atoms with Crippen molar-refractivity contribution in [1.82, 2.24) is 0 Å². The fourth-order valence-electron chi connectivity index (χ4n) is 3.03. The number of aryl methyl sites for hydroxylation is 1. The highest BCUT2D eigenvalue weighted by molar-refractivity contribution is 6.32. The molecule has 3 rings (SSSR count). The second kappa shape index (κ2) is 10.3. The van der Waals surface area contributed by atoms with Crippen LogP contribution in [0.3, 0.4) is 0 Å². The second-order valence-corrected chi connectivity index (χ2v) is 7.53. The van der Waals surface area contributed by atoms with Crippen LogP contribution in [0.4, 0.5) is 5.69 Å². The highest BCUT2D eigenvalue weighted by atomic mass is 35.5. The number of nitriles is 2. The first kappa shape index (κ1) is 22.6. The first-order valence-corrected chi connectivity index (χ1v) is 10.2. The van der Waals surface area contributed by atoms with E-state index in [1.165, 1.54) is 6.08 Å². The van der Waals surface area contributed by atoms with E-state index >= 15 is 0 Å². The Bertz CT molecular complexity index is 1280. The standard InChI is InChI=1S/C26H20ClN3O2/c1-17-6-5-9-24(18(17)2)30-26(31)22(15-29)12-19-10-11-25(23(27)13-19)32-16-21-8-4-3-7-20(21)14-28/h3-13H,16H2,1-2H3,(H,30,31)/b22-12+. The predicted octanol–water partition coefficient (Wildman–Crippen LogP) is 5.95. The van der Waals surface area contributed by atoms with Crippen LogP contribution in [0, 0.1) is 36.5 Å². The third kappa shape index (κ3) is 5.35. The van der Waals surface area contributed by atoms with Crippen LogP contribution in [-0.2, 0) is 11.4 Å². The third-order valence-electron chi connectivity index (χ3n) is 5.01. The van der Waals surface area contributed by atoms with Crippen LogP contribution in [0.5, 0.6) is 5.75 Å². The summed E-state index contributed by atoms with van der Waals surface area (Å²) in [6, 6.07) is 21.8. The molecule has 0 aliphatic carbocycles. The summed E-state index contributed by atoms with van der Waals surface area (Å²) in [6.07, 6.45) is 1.47. The van der Waals surface area contributed by atoms with Gasteiger partial charge in [0.2, 0.25) is 0 Å². The van der Waals surface area contributed by atoms with Crippen molar-refractivity contribution in [2.45, 2.75) is 20.5 Å².